The van der Waals surface area contributed by atoms with Crippen LogP contribution < -0.4 is 11.2 Å². The van der Waals surface area contributed by atoms with Crippen molar-refractivity contribution in [2.24, 2.45) is 0 Å². The molecule has 224 valence electrons. The maximum atomic E-state index is 12.6. The van der Waals surface area contributed by atoms with Gasteiger partial charge in [-0.2, -0.15) is 0 Å². The van der Waals surface area contributed by atoms with Crippen LogP contribution in [0.3, 0.4) is 0 Å². The van der Waals surface area contributed by atoms with Crippen molar-refractivity contribution in [2.45, 2.75) is 98.5 Å². The molecule has 0 aromatic carbocycles. The average molecular weight is 555 g/mol. The van der Waals surface area contributed by atoms with Gasteiger partial charge in [0, 0.05) is 37.4 Å². The number of hydrogen-bond donors (Lipinski definition) is 2. The molecule has 0 saturated carbocycles. The first-order valence-electron chi connectivity index (χ1n) is 15.1. The lowest BCUT2D eigenvalue weighted by Gasteiger charge is -2.38. The minimum Gasteiger partial charge on any atom is -0.459 e. The van der Waals surface area contributed by atoms with Crippen LogP contribution in [0.5, 0.6) is 0 Å². The van der Waals surface area contributed by atoms with Gasteiger partial charge in [-0.15, -0.1) is 0 Å². The zero-order valence-corrected chi connectivity index (χ0v) is 25.2. The van der Waals surface area contributed by atoms with E-state index in [1.165, 1.54) is 60.8 Å². The van der Waals surface area contributed by atoms with Crippen LogP contribution in [0.25, 0.3) is 0 Å². The zero-order chi connectivity index (χ0) is 29.1. The number of esters is 1. The maximum absolute atomic E-state index is 12.6. The molecule has 1 fully saturated rings. The van der Waals surface area contributed by atoms with E-state index in [2.05, 4.69) is 39.6 Å². The van der Waals surface area contributed by atoms with Gasteiger partial charge < -0.3 is 23.5 Å². The van der Waals surface area contributed by atoms with Crippen LogP contribution in [0.2, 0.25) is 0 Å². The van der Waals surface area contributed by atoms with Crippen LogP contribution in [0.1, 0.15) is 84.9 Å². The van der Waals surface area contributed by atoms with Crippen molar-refractivity contribution >= 4 is 5.97 Å². The fourth-order valence-corrected chi connectivity index (χ4v) is 5.91. The fraction of sp³-hybridized carbons (Fsp3) is 0.828. The second kappa shape index (κ2) is 15.7. The largest absolute Gasteiger partial charge is 0.459 e. The number of nitrogens with zero attached hydrogens (tertiary/aromatic N) is 3. The quantitative estimate of drug-likeness (QED) is 0.164. The van der Waals surface area contributed by atoms with Gasteiger partial charge in [0.25, 0.3) is 5.56 Å². The van der Waals surface area contributed by atoms with Gasteiger partial charge in [0.1, 0.15) is 18.4 Å². The van der Waals surface area contributed by atoms with Gasteiger partial charge in [-0.25, -0.2) is 4.79 Å². The molecule has 0 spiro atoms. The van der Waals surface area contributed by atoms with E-state index >= 15 is 0 Å². The van der Waals surface area contributed by atoms with Gasteiger partial charge in [-0.3, -0.25) is 19.1 Å². The normalized spacial score (nSPS) is 19.9. The monoisotopic (exact) mass is 554 g/mol. The predicted molar refractivity (Wildman–Crippen MR) is 152 cm³/mol. The second-order valence-electron chi connectivity index (χ2n) is 11.2. The minimum atomic E-state index is -0.717. The molecule has 1 aromatic heterocycles. The summed E-state index contributed by atoms with van der Waals surface area (Å²) >= 11 is 0. The third-order valence-electron chi connectivity index (χ3n) is 9.23. The Morgan fingerprint density at radius 1 is 0.974 bits per heavy atom. The van der Waals surface area contributed by atoms with E-state index in [0.29, 0.717) is 12.0 Å². The number of hydrogen-bond acceptors (Lipinski definition) is 6. The average Bonchev–Trinajstić information content (AvgIpc) is 3.34. The number of aryl methyl sites for hydroxylation is 1. The first-order chi connectivity index (χ1) is 18.6. The Bertz CT molecular complexity index is 990. The number of aliphatic hydroxyl groups excluding tert-OH is 1. The molecule has 0 amide bonds. The summed E-state index contributed by atoms with van der Waals surface area (Å²) in [6.45, 7) is 22.0. The number of carbonyl (C=O) groups excluding carboxylic acids is 1. The first-order valence-corrected chi connectivity index (χ1v) is 15.1. The number of aromatic nitrogens is 2. The Kier molecular flexibility index (Phi) is 13.4. The highest BCUT2D eigenvalue weighted by Crippen LogP contribution is 2.30. The molecule has 2 rings (SSSR count). The molecule has 1 saturated heterocycles. The number of aromatic amines is 1. The van der Waals surface area contributed by atoms with Gasteiger partial charge in [-0.05, 0) is 54.4 Å². The van der Waals surface area contributed by atoms with E-state index in [0.717, 1.165) is 37.0 Å². The number of ether oxygens (including phenoxy) is 2. The van der Waals surface area contributed by atoms with Gasteiger partial charge >= 0.3 is 11.7 Å². The molecule has 10 heteroatoms. The number of nitrogens with one attached hydrogen (secondary N) is 1. The van der Waals surface area contributed by atoms with Crippen LogP contribution in [-0.2, 0) is 14.3 Å². The predicted octanol–water partition coefficient (Wildman–Crippen LogP) is 2.72. The molecule has 0 bridgehead atoms. The molecular formula is C29H54N4O6+2. The number of quaternary nitrogens is 2. The van der Waals surface area contributed by atoms with Crippen molar-refractivity contribution in [3.63, 3.8) is 0 Å². The molecule has 1 aliphatic rings. The maximum Gasteiger partial charge on any atom is 0.330 e. The van der Waals surface area contributed by atoms with Crippen LogP contribution in [0, 0.1) is 6.92 Å². The van der Waals surface area contributed by atoms with Gasteiger partial charge in [-0.1, -0.05) is 0 Å². The molecule has 2 heterocycles. The van der Waals surface area contributed by atoms with E-state index in [4.69, 9.17) is 9.47 Å². The Hall–Kier alpha value is -2.01. The summed E-state index contributed by atoms with van der Waals surface area (Å²) in [5.74, 6) is -0.313. The highest BCUT2D eigenvalue weighted by molar-refractivity contribution is 5.69. The number of H-pyrrole nitrogens is 1. The van der Waals surface area contributed by atoms with Crippen molar-refractivity contribution in [1.29, 1.82) is 0 Å². The number of unbranched alkanes of at least 4 members (excludes halogenated alkanes) is 2. The lowest BCUT2D eigenvalue weighted by atomic mass is 10.1. The molecule has 10 nitrogen and oxygen atoms in total. The van der Waals surface area contributed by atoms with E-state index in [1.54, 1.807) is 6.92 Å². The highest BCUT2D eigenvalue weighted by Gasteiger charge is 2.39. The molecule has 3 atom stereocenters. The van der Waals surface area contributed by atoms with Gasteiger partial charge in [0.2, 0.25) is 0 Å². The molecular weight excluding hydrogens is 500 g/mol. The van der Waals surface area contributed by atoms with Crippen LogP contribution in [0.15, 0.2) is 15.8 Å². The molecule has 39 heavy (non-hydrogen) atoms. The van der Waals surface area contributed by atoms with Gasteiger partial charge in [0.15, 0.2) is 0 Å². The Labute approximate surface area is 234 Å². The van der Waals surface area contributed by atoms with Crippen molar-refractivity contribution in [2.75, 3.05) is 59.0 Å². The topological polar surface area (TPSA) is 111 Å². The lowest BCUT2D eigenvalue weighted by molar-refractivity contribution is -0.930. The van der Waals surface area contributed by atoms with E-state index in [-0.39, 0.29) is 19.0 Å². The summed E-state index contributed by atoms with van der Waals surface area (Å²) in [6, 6.07) is 0. The molecule has 0 radical (unpaired) electrons. The highest BCUT2D eigenvalue weighted by atomic mass is 16.6. The molecule has 2 N–H and O–H groups in total. The molecule has 3 unspecified atom stereocenters. The Morgan fingerprint density at radius 2 is 1.51 bits per heavy atom. The van der Waals surface area contributed by atoms with E-state index in [9.17, 15) is 19.5 Å². The van der Waals surface area contributed by atoms with Crippen LogP contribution in [0.4, 0.5) is 0 Å². The lowest BCUT2D eigenvalue weighted by Crippen LogP contribution is -2.50. The minimum absolute atomic E-state index is 0.238. The standard InChI is InChI=1S/C29H53N4O6/c1-7-32(8-2,9-3)17-14-15-19-33(10-4,11-5)18-13-12-16-27(35)39-24-20-26(38-25(24)22-34)31-21-23(6)28(36)30-29(31)37/h21,24-26,34H,7-20,22H2,1-6H3/q+1/p+1. The fourth-order valence-electron chi connectivity index (χ4n) is 5.91. The first kappa shape index (κ1) is 33.2. The van der Waals surface area contributed by atoms with Crippen LogP contribution >= 0.6 is 0 Å². The van der Waals surface area contributed by atoms with Crippen molar-refractivity contribution < 1.29 is 28.3 Å². The number of carbonyl (C=O) groups is 1. The van der Waals surface area contributed by atoms with Crippen molar-refractivity contribution in [3.05, 3.63) is 32.6 Å². The Morgan fingerprint density at radius 3 is 2.05 bits per heavy atom. The number of rotatable bonds is 18. The third-order valence-corrected chi connectivity index (χ3v) is 9.23. The summed E-state index contributed by atoms with van der Waals surface area (Å²) in [5.41, 5.74) is -0.661. The number of aliphatic hydroxyl groups is 1. The van der Waals surface area contributed by atoms with Gasteiger partial charge in [0.05, 0.1) is 59.0 Å². The van der Waals surface area contributed by atoms with Crippen molar-refractivity contribution in [1.82, 2.24) is 9.55 Å². The summed E-state index contributed by atoms with van der Waals surface area (Å²) < 4.78 is 15.0. The molecule has 0 aliphatic carbocycles. The zero-order valence-electron chi connectivity index (χ0n) is 25.2. The summed E-state index contributed by atoms with van der Waals surface area (Å²) in [4.78, 5) is 38.8. The van der Waals surface area contributed by atoms with Crippen LogP contribution in [-0.4, -0.2) is 101 Å². The smallest absolute Gasteiger partial charge is 0.330 e. The molecule has 1 aliphatic heterocycles. The third kappa shape index (κ3) is 8.99. The Balaban J connectivity index is 1.82. The van der Waals surface area contributed by atoms with E-state index in [1.807, 2.05) is 0 Å². The SMILES string of the molecule is CC[N+](CC)(CC)CCCC[N+](CC)(CC)CCCCC(=O)OC1CC(n2cc(C)c(=O)[nH]c2=O)OC1CO. The van der Waals surface area contributed by atoms with Crippen molar-refractivity contribution in [3.8, 4) is 0 Å². The summed E-state index contributed by atoms with van der Waals surface area (Å²) in [7, 11) is 0. The van der Waals surface area contributed by atoms with E-state index < -0.39 is 29.7 Å². The molecule has 1 aromatic rings. The summed E-state index contributed by atoms with van der Waals surface area (Å²) in [6.07, 6.45) is 4.09. The second-order valence-corrected chi connectivity index (χ2v) is 11.2. The summed E-state index contributed by atoms with van der Waals surface area (Å²) in [5, 5.41) is 9.75.